The number of amides is 2. The van der Waals surface area contributed by atoms with E-state index in [0.29, 0.717) is 6.54 Å². The number of carbonyl (C=O) groups excluding carboxylic acids is 1. The molecule has 0 bridgehead atoms. The molecule has 0 unspecified atom stereocenters. The first-order valence-electron chi connectivity index (χ1n) is 8.70. The van der Waals surface area contributed by atoms with Crippen LogP contribution in [0.1, 0.15) is 22.7 Å². The van der Waals surface area contributed by atoms with Crippen LogP contribution in [0, 0.1) is 0 Å². The molecule has 2 N–H and O–H groups in total. The minimum Gasteiger partial charge on any atom is -0.334 e. The molecule has 26 heavy (non-hydrogen) atoms. The molecule has 128 valence electrons. The largest absolute Gasteiger partial charge is 0.334 e. The van der Waals surface area contributed by atoms with Gasteiger partial charge in [-0.25, -0.2) is 4.79 Å². The van der Waals surface area contributed by atoms with Crippen molar-refractivity contribution in [3.8, 4) is 11.1 Å². The van der Waals surface area contributed by atoms with Crippen LogP contribution >= 0.6 is 0 Å². The van der Waals surface area contributed by atoms with Gasteiger partial charge in [-0.15, -0.1) is 0 Å². The van der Waals surface area contributed by atoms with Crippen molar-refractivity contribution in [2.24, 2.45) is 0 Å². The van der Waals surface area contributed by atoms with Crippen LogP contribution in [0.2, 0.25) is 0 Å². The molecule has 0 aliphatic heterocycles. The summed E-state index contributed by atoms with van der Waals surface area (Å²) in [6.45, 7) is 4.47. The third-order valence-electron chi connectivity index (χ3n) is 4.75. The average molecular weight is 340 g/mol. The summed E-state index contributed by atoms with van der Waals surface area (Å²) in [5, 5.41) is 6.03. The molecule has 3 heteroatoms. The van der Waals surface area contributed by atoms with E-state index in [-0.39, 0.29) is 12.1 Å². The summed E-state index contributed by atoms with van der Waals surface area (Å²) in [4.78, 5) is 12.5. The second-order valence-corrected chi connectivity index (χ2v) is 6.40. The number of urea groups is 1. The Bertz CT molecular complexity index is 917. The molecule has 3 aromatic carbocycles. The summed E-state index contributed by atoms with van der Waals surface area (Å²) in [7, 11) is 0. The molecule has 0 spiro atoms. The van der Waals surface area contributed by atoms with Crippen molar-refractivity contribution >= 4 is 11.6 Å². The normalized spacial score (nSPS) is 12.2. The third-order valence-corrected chi connectivity index (χ3v) is 4.75. The molecule has 0 saturated heterocycles. The average Bonchev–Trinajstić information content (AvgIpc) is 3.01. The number of fused-ring (bicyclic) bond motifs is 3. The Labute approximate surface area is 153 Å². The highest BCUT2D eigenvalue weighted by Crippen LogP contribution is 2.42. The second kappa shape index (κ2) is 6.89. The molecule has 0 heterocycles. The topological polar surface area (TPSA) is 41.1 Å². The van der Waals surface area contributed by atoms with Crippen LogP contribution in [0.5, 0.6) is 0 Å². The van der Waals surface area contributed by atoms with Gasteiger partial charge in [0.1, 0.15) is 0 Å². The van der Waals surface area contributed by atoms with Gasteiger partial charge in [0.05, 0.1) is 6.04 Å². The molecule has 1 aliphatic carbocycles. The summed E-state index contributed by atoms with van der Waals surface area (Å²) in [5.74, 6) is 0. The van der Waals surface area contributed by atoms with Crippen molar-refractivity contribution in [3.05, 3.63) is 102 Å². The Morgan fingerprint density at radius 1 is 0.808 bits per heavy atom. The fourth-order valence-corrected chi connectivity index (χ4v) is 3.46. The lowest BCUT2D eigenvalue weighted by molar-refractivity contribution is 0.240. The van der Waals surface area contributed by atoms with Crippen LogP contribution in [0.25, 0.3) is 16.7 Å². The molecule has 4 rings (SSSR count). The Morgan fingerprint density at radius 3 is 1.96 bits per heavy atom. The van der Waals surface area contributed by atoms with E-state index < -0.39 is 0 Å². The van der Waals surface area contributed by atoms with E-state index in [2.05, 4.69) is 41.5 Å². The maximum atomic E-state index is 12.5. The van der Waals surface area contributed by atoms with E-state index in [1.165, 1.54) is 11.1 Å². The Morgan fingerprint density at radius 2 is 1.35 bits per heavy atom. The highest BCUT2D eigenvalue weighted by molar-refractivity contribution is 5.83. The standard InChI is InChI=1S/C23H20N2O/c1-16(17-9-3-2-4-10-17)15-24-23(26)25-22-20-13-7-5-11-18(20)19-12-6-8-14-21(19)22/h2-14,22H,1,15H2,(H2,24,25,26). The van der Waals surface area contributed by atoms with E-state index in [0.717, 1.165) is 22.3 Å². The first kappa shape index (κ1) is 16.2. The maximum Gasteiger partial charge on any atom is 0.315 e. The molecule has 1 aliphatic rings. The smallest absolute Gasteiger partial charge is 0.315 e. The summed E-state index contributed by atoms with van der Waals surface area (Å²) < 4.78 is 0. The van der Waals surface area contributed by atoms with Crippen molar-refractivity contribution < 1.29 is 4.79 Å². The van der Waals surface area contributed by atoms with E-state index in [4.69, 9.17) is 0 Å². The molecular formula is C23H20N2O. The minimum absolute atomic E-state index is 0.132. The van der Waals surface area contributed by atoms with Gasteiger partial charge < -0.3 is 10.6 Å². The van der Waals surface area contributed by atoms with E-state index >= 15 is 0 Å². The Kier molecular flexibility index (Phi) is 4.28. The predicted octanol–water partition coefficient (Wildman–Crippen LogP) is 4.77. The molecule has 3 nitrogen and oxygen atoms in total. The number of hydrogen-bond donors (Lipinski definition) is 2. The first-order valence-corrected chi connectivity index (χ1v) is 8.70. The lowest BCUT2D eigenvalue weighted by atomic mass is 10.1. The number of rotatable bonds is 4. The minimum atomic E-state index is -0.196. The Hall–Kier alpha value is -3.33. The lowest BCUT2D eigenvalue weighted by Gasteiger charge is -2.17. The molecule has 0 fully saturated rings. The van der Waals surface area contributed by atoms with Gasteiger partial charge >= 0.3 is 6.03 Å². The predicted molar refractivity (Wildman–Crippen MR) is 106 cm³/mol. The number of carbonyl (C=O) groups is 1. The summed E-state index contributed by atoms with van der Waals surface area (Å²) in [6, 6.07) is 26.0. The van der Waals surface area contributed by atoms with Crippen LogP contribution in [0.15, 0.2) is 85.4 Å². The van der Waals surface area contributed by atoms with Crippen molar-refractivity contribution in [2.75, 3.05) is 6.54 Å². The van der Waals surface area contributed by atoms with Crippen molar-refractivity contribution in [3.63, 3.8) is 0 Å². The lowest BCUT2D eigenvalue weighted by Crippen LogP contribution is -2.38. The zero-order chi connectivity index (χ0) is 17.9. The summed E-state index contributed by atoms with van der Waals surface area (Å²) in [5.41, 5.74) is 6.54. The molecular weight excluding hydrogens is 320 g/mol. The molecule has 0 atom stereocenters. The quantitative estimate of drug-likeness (QED) is 0.706. The van der Waals surface area contributed by atoms with Crippen LogP contribution in [0.4, 0.5) is 4.79 Å². The van der Waals surface area contributed by atoms with Gasteiger partial charge in [-0.3, -0.25) is 0 Å². The van der Waals surface area contributed by atoms with E-state index in [1.54, 1.807) is 0 Å². The molecule has 0 saturated carbocycles. The SMILES string of the molecule is C=C(CNC(=O)NC1c2ccccc2-c2ccccc21)c1ccccc1. The monoisotopic (exact) mass is 340 g/mol. The molecule has 0 radical (unpaired) electrons. The molecule has 3 aromatic rings. The van der Waals surface area contributed by atoms with Gasteiger partial charge in [0.15, 0.2) is 0 Å². The van der Waals surface area contributed by atoms with Crippen LogP contribution in [0.3, 0.4) is 0 Å². The van der Waals surface area contributed by atoms with Crippen molar-refractivity contribution in [1.82, 2.24) is 10.6 Å². The van der Waals surface area contributed by atoms with Gasteiger partial charge in [-0.1, -0.05) is 85.4 Å². The zero-order valence-corrected chi connectivity index (χ0v) is 14.4. The highest BCUT2D eigenvalue weighted by atomic mass is 16.2. The maximum absolute atomic E-state index is 12.5. The summed E-state index contributed by atoms with van der Waals surface area (Å²) in [6.07, 6.45) is 0. The van der Waals surface area contributed by atoms with Crippen LogP contribution < -0.4 is 10.6 Å². The van der Waals surface area contributed by atoms with Crippen LogP contribution in [-0.4, -0.2) is 12.6 Å². The summed E-state index contributed by atoms with van der Waals surface area (Å²) >= 11 is 0. The zero-order valence-electron chi connectivity index (χ0n) is 14.4. The van der Waals surface area contributed by atoms with Crippen molar-refractivity contribution in [1.29, 1.82) is 0 Å². The number of benzene rings is 3. The van der Waals surface area contributed by atoms with Gasteiger partial charge in [0.2, 0.25) is 0 Å². The van der Waals surface area contributed by atoms with Crippen LogP contribution in [-0.2, 0) is 0 Å². The third kappa shape index (κ3) is 3.00. The Balaban J connectivity index is 1.47. The van der Waals surface area contributed by atoms with Gasteiger partial charge in [0.25, 0.3) is 0 Å². The van der Waals surface area contributed by atoms with Gasteiger partial charge in [0, 0.05) is 6.54 Å². The fourth-order valence-electron chi connectivity index (χ4n) is 3.46. The van der Waals surface area contributed by atoms with Crippen molar-refractivity contribution in [2.45, 2.75) is 6.04 Å². The fraction of sp³-hybridized carbons (Fsp3) is 0.0870. The van der Waals surface area contributed by atoms with E-state index in [9.17, 15) is 4.79 Å². The second-order valence-electron chi connectivity index (χ2n) is 6.40. The molecule has 0 aromatic heterocycles. The first-order chi connectivity index (χ1) is 12.7. The number of nitrogens with one attached hydrogen (secondary N) is 2. The number of hydrogen-bond acceptors (Lipinski definition) is 1. The van der Waals surface area contributed by atoms with Gasteiger partial charge in [-0.2, -0.15) is 0 Å². The van der Waals surface area contributed by atoms with Gasteiger partial charge in [-0.05, 0) is 33.4 Å². The highest BCUT2D eigenvalue weighted by Gasteiger charge is 2.28. The van der Waals surface area contributed by atoms with E-state index in [1.807, 2.05) is 54.6 Å². The molecule has 2 amide bonds.